The fourth-order valence-electron chi connectivity index (χ4n) is 2.31. The van der Waals surface area contributed by atoms with Gasteiger partial charge in [-0.3, -0.25) is 0 Å². The number of aliphatic hydroxyl groups excluding tert-OH is 1. The van der Waals surface area contributed by atoms with Gasteiger partial charge in [-0.25, -0.2) is 0 Å². The first kappa shape index (κ1) is 13.6. The molecule has 3 aromatic rings. The first-order chi connectivity index (χ1) is 9.86. The van der Waals surface area contributed by atoms with Crippen LogP contribution in [0.1, 0.15) is 9.81 Å². The number of rotatable bonds is 4. The maximum atomic E-state index is 10.9. The van der Waals surface area contributed by atoms with Crippen molar-refractivity contribution in [1.29, 1.82) is 0 Å². The second-order valence-electron chi connectivity index (χ2n) is 4.56. The van der Waals surface area contributed by atoms with Crippen LogP contribution in [0.4, 0.5) is 0 Å². The minimum atomic E-state index is -2.00. The van der Waals surface area contributed by atoms with Crippen molar-refractivity contribution in [3.05, 3.63) is 83.1 Å². The average molecular weight is 340 g/mol. The molecule has 3 heteroatoms. The molecule has 1 unspecified atom stereocenters. The third kappa shape index (κ3) is 2.87. The van der Waals surface area contributed by atoms with Crippen LogP contribution in [-0.4, -0.2) is 19.5 Å². The van der Waals surface area contributed by atoms with Crippen molar-refractivity contribution in [2.75, 3.05) is 0 Å². The van der Waals surface area contributed by atoms with Crippen LogP contribution < -0.4 is 8.79 Å². The summed E-state index contributed by atoms with van der Waals surface area (Å²) in [6, 6.07) is 25.0. The van der Waals surface area contributed by atoms with Gasteiger partial charge in [-0.05, 0) is 0 Å². The Labute approximate surface area is 127 Å². The molecular formula is C17H15GeOS. The normalized spacial score (nSPS) is 12.5. The van der Waals surface area contributed by atoms with E-state index < -0.39 is 14.3 Å². The fraction of sp³-hybridized carbons (Fsp3) is 0.0588. The summed E-state index contributed by atoms with van der Waals surface area (Å²) >= 11 is -0.359. The zero-order valence-electron chi connectivity index (χ0n) is 10.9. The van der Waals surface area contributed by atoms with Gasteiger partial charge in [0.25, 0.3) is 0 Å². The van der Waals surface area contributed by atoms with Crippen LogP contribution >= 0.6 is 11.3 Å². The van der Waals surface area contributed by atoms with Gasteiger partial charge in [0.05, 0.1) is 0 Å². The number of hydrogen-bond donors (Lipinski definition) is 1. The summed E-state index contributed by atoms with van der Waals surface area (Å²) in [5.41, 5.74) is 0. The Morgan fingerprint density at radius 2 is 1.30 bits per heavy atom. The Bertz CT molecular complexity index is 598. The van der Waals surface area contributed by atoms with Gasteiger partial charge in [0.2, 0.25) is 0 Å². The quantitative estimate of drug-likeness (QED) is 0.724. The molecule has 20 heavy (non-hydrogen) atoms. The maximum absolute atomic E-state index is 10.9. The van der Waals surface area contributed by atoms with Crippen LogP contribution in [0.3, 0.4) is 0 Å². The van der Waals surface area contributed by atoms with Gasteiger partial charge < -0.3 is 0 Å². The predicted molar refractivity (Wildman–Crippen MR) is 87.2 cm³/mol. The van der Waals surface area contributed by atoms with Crippen molar-refractivity contribution in [1.82, 2.24) is 0 Å². The molecule has 0 aliphatic heterocycles. The fourth-order valence-corrected chi connectivity index (χ4v) is 9.09. The van der Waals surface area contributed by atoms with E-state index in [1.165, 1.54) is 8.79 Å². The summed E-state index contributed by atoms with van der Waals surface area (Å²) in [4.78, 5) is 0.729. The van der Waals surface area contributed by atoms with Gasteiger partial charge in [0, 0.05) is 0 Å². The molecule has 2 aromatic carbocycles. The molecule has 0 spiro atoms. The first-order valence-corrected chi connectivity index (χ1v) is 10.7. The second kappa shape index (κ2) is 6.40. The van der Waals surface area contributed by atoms with Crippen molar-refractivity contribution in [3.63, 3.8) is 0 Å². The molecule has 0 amide bonds. The van der Waals surface area contributed by atoms with E-state index in [4.69, 9.17) is 0 Å². The molecule has 1 radical (unpaired) electrons. The number of benzene rings is 2. The van der Waals surface area contributed by atoms with Crippen molar-refractivity contribution >= 4 is 34.5 Å². The van der Waals surface area contributed by atoms with Crippen LogP contribution in [-0.2, 0) is 0 Å². The van der Waals surface area contributed by atoms with Crippen LogP contribution in [0, 0.1) is 0 Å². The molecule has 0 bridgehead atoms. The van der Waals surface area contributed by atoms with Gasteiger partial charge in [-0.1, -0.05) is 0 Å². The van der Waals surface area contributed by atoms with Gasteiger partial charge >= 0.3 is 128 Å². The molecule has 0 aliphatic carbocycles. The summed E-state index contributed by atoms with van der Waals surface area (Å²) in [6.45, 7) is 0. The van der Waals surface area contributed by atoms with Gasteiger partial charge in [-0.2, -0.15) is 0 Å². The molecule has 0 saturated carbocycles. The standard InChI is InChI=1S/C17H15GeOS/c19-17(16-12-7-13-20-16)18(14-8-3-1-4-9-14)15-10-5-2-6-11-15/h1-13,17,19H. The van der Waals surface area contributed by atoms with Gasteiger partial charge in [0.1, 0.15) is 0 Å². The molecule has 1 heterocycles. The second-order valence-corrected chi connectivity index (χ2v) is 10.8. The Hall–Kier alpha value is -1.36. The van der Waals surface area contributed by atoms with E-state index in [9.17, 15) is 5.11 Å². The summed E-state index contributed by atoms with van der Waals surface area (Å²) in [7, 11) is 0. The molecule has 0 aliphatic rings. The number of hydrogen-bond acceptors (Lipinski definition) is 2. The molecule has 1 nitrogen and oxygen atoms in total. The number of thiophene rings is 1. The van der Waals surface area contributed by atoms with Gasteiger partial charge in [0.15, 0.2) is 0 Å². The summed E-state index contributed by atoms with van der Waals surface area (Å²) < 4.78 is 2.61. The Balaban J connectivity index is 2.05. The third-order valence-electron chi connectivity index (χ3n) is 3.26. The molecule has 99 valence electrons. The predicted octanol–water partition coefficient (Wildman–Crippen LogP) is 2.63. The Kier molecular flexibility index (Phi) is 4.35. The molecular weight excluding hydrogens is 325 g/mol. The van der Waals surface area contributed by atoms with E-state index in [-0.39, 0.29) is 4.94 Å². The van der Waals surface area contributed by atoms with Crippen LogP contribution in [0.5, 0.6) is 0 Å². The van der Waals surface area contributed by atoms with Crippen LogP contribution in [0.25, 0.3) is 0 Å². The van der Waals surface area contributed by atoms with E-state index in [0.29, 0.717) is 0 Å². The Morgan fingerprint density at radius 1 is 0.750 bits per heavy atom. The first-order valence-electron chi connectivity index (χ1n) is 6.55. The van der Waals surface area contributed by atoms with E-state index in [1.807, 2.05) is 29.6 Å². The van der Waals surface area contributed by atoms with Crippen molar-refractivity contribution in [2.24, 2.45) is 0 Å². The van der Waals surface area contributed by atoms with Crippen molar-refractivity contribution in [3.8, 4) is 0 Å². The average Bonchev–Trinajstić information content (AvgIpc) is 3.04. The summed E-state index contributed by atoms with van der Waals surface area (Å²) in [5.74, 6) is 0. The molecule has 1 aromatic heterocycles. The SMILES string of the molecule is O[CH](c1cccs1)[Ge]([c]1ccccc1)[c]1ccccc1. The molecule has 0 saturated heterocycles. The topological polar surface area (TPSA) is 20.2 Å². The summed E-state index contributed by atoms with van der Waals surface area (Å²) in [5, 5.41) is 12.9. The van der Waals surface area contributed by atoms with E-state index in [0.717, 1.165) is 4.88 Å². The summed E-state index contributed by atoms with van der Waals surface area (Å²) in [6.07, 6.45) is 0. The third-order valence-corrected chi connectivity index (χ3v) is 10.4. The molecule has 0 fully saturated rings. The molecule has 1 N–H and O–H groups in total. The van der Waals surface area contributed by atoms with Gasteiger partial charge in [-0.15, -0.1) is 0 Å². The van der Waals surface area contributed by atoms with Crippen LogP contribution in [0.2, 0.25) is 0 Å². The van der Waals surface area contributed by atoms with Crippen molar-refractivity contribution < 1.29 is 5.11 Å². The van der Waals surface area contributed by atoms with Crippen molar-refractivity contribution in [2.45, 2.75) is 4.94 Å². The number of aliphatic hydroxyl groups is 1. The minimum absolute atomic E-state index is 0.347. The van der Waals surface area contributed by atoms with Crippen LogP contribution in [0.15, 0.2) is 78.2 Å². The molecule has 1 atom stereocenters. The van der Waals surface area contributed by atoms with E-state index >= 15 is 0 Å². The molecule has 3 rings (SSSR count). The monoisotopic (exact) mass is 341 g/mol. The zero-order valence-corrected chi connectivity index (χ0v) is 13.9. The zero-order chi connectivity index (χ0) is 13.8. The Morgan fingerprint density at radius 3 is 1.75 bits per heavy atom. The van der Waals surface area contributed by atoms with E-state index in [2.05, 4.69) is 48.5 Å². The van der Waals surface area contributed by atoms with E-state index in [1.54, 1.807) is 11.3 Å².